The number of nitrogens with two attached hydrogens (primary N) is 2. The van der Waals surface area contributed by atoms with Gasteiger partial charge in [-0.2, -0.15) is 0 Å². The van der Waals surface area contributed by atoms with Crippen LogP contribution in [0.1, 0.15) is 22.5 Å². The number of nitrogens with zero attached hydrogens (tertiary/aromatic N) is 1. The van der Waals surface area contributed by atoms with Gasteiger partial charge in [-0.05, 0) is 37.1 Å². The maximum absolute atomic E-state index is 11.1. The molecule has 0 spiro atoms. The molecule has 0 aliphatic carbocycles. The Morgan fingerprint density at radius 3 is 2.74 bits per heavy atom. The summed E-state index contributed by atoms with van der Waals surface area (Å²) in [5.74, 6) is -1.05. The van der Waals surface area contributed by atoms with Crippen molar-refractivity contribution in [1.29, 1.82) is 0 Å². The largest absolute Gasteiger partial charge is 0.477 e. The fourth-order valence-corrected chi connectivity index (χ4v) is 1.95. The number of aromatic nitrogens is 1. The summed E-state index contributed by atoms with van der Waals surface area (Å²) in [5, 5.41) is 9.95. The molecule has 0 saturated heterocycles. The molecule has 19 heavy (non-hydrogen) atoms. The number of nitrogen functional groups attached to an aromatic ring is 1. The number of fused-ring (bicyclic) bond motifs is 1. The molecular weight excluding hydrogens is 266 g/mol. The van der Waals surface area contributed by atoms with Crippen LogP contribution in [0.5, 0.6) is 0 Å². The van der Waals surface area contributed by atoms with Crippen molar-refractivity contribution in [3.05, 3.63) is 35.5 Å². The van der Waals surface area contributed by atoms with Crippen LogP contribution in [0.25, 0.3) is 10.9 Å². The first-order valence-corrected chi connectivity index (χ1v) is 5.75. The van der Waals surface area contributed by atoms with Gasteiger partial charge in [-0.3, -0.25) is 0 Å². The van der Waals surface area contributed by atoms with E-state index in [0.717, 1.165) is 23.8 Å². The highest BCUT2D eigenvalue weighted by Crippen LogP contribution is 2.24. The molecule has 0 unspecified atom stereocenters. The molecule has 0 amide bonds. The average Bonchev–Trinajstić information content (AvgIpc) is 2.36. The third-order valence-electron chi connectivity index (χ3n) is 2.83. The molecule has 6 heteroatoms. The highest BCUT2D eigenvalue weighted by Gasteiger charge is 2.12. The number of anilines is 1. The first-order valence-electron chi connectivity index (χ1n) is 5.75. The molecule has 0 radical (unpaired) electrons. The first-order chi connectivity index (χ1) is 8.63. The van der Waals surface area contributed by atoms with Gasteiger partial charge in [0, 0.05) is 5.39 Å². The smallest absolute Gasteiger partial charge is 0.354 e. The monoisotopic (exact) mass is 281 g/mol. The molecular formula is C13H16ClN3O2. The van der Waals surface area contributed by atoms with Gasteiger partial charge in [-0.25, -0.2) is 9.78 Å². The lowest BCUT2D eigenvalue weighted by Gasteiger charge is -2.09. The molecule has 2 rings (SSSR count). The lowest BCUT2D eigenvalue weighted by Crippen LogP contribution is -2.06. The molecule has 0 bridgehead atoms. The van der Waals surface area contributed by atoms with Gasteiger partial charge in [-0.15, -0.1) is 12.4 Å². The second-order valence-corrected chi connectivity index (χ2v) is 4.11. The fourth-order valence-electron chi connectivity index (χ4n) is 1.95. The van der Waals surface area contributed by atoms with E-state index in [-0.39, 0.29) is 18.1 Å². The normalized spacial score (nSPS) is 10.2. The molecule has 5 N–H and O–H groups in total. The maximum Gasteiger partial charge on any atom is 0.354 e. The molecule has 1 aromatic heterocycles. The van der Waals surface area contributed by atoms with E-state index >= 15 is 0 Å². The number of carboxylic acids is 1. The van der Waals surface area contributed by atoms with Crippen LogP contribution in [0.2, 0.25) is 0 Å². The number of para-hydroxylation sites is 1. The number of halogens is 1. The van der Waals surface area contributed by atoms with Crippen LogP contribution in [0.4, 0.5) is 5.69 Å². The van der Waals surface area contributed by atoms with Gasteiger partial charge in [0.15, 0.2) is 0 Å². The van der Waals surface area contributed by atoms with Crippen molar-refractivity contribution in [2.75, 3.05) is 12.3 Å². The zero-order valence-electron chi connectivity index (χ0n) is 10.3. The van der Waals surface area contributed by atoms with Crippen molar-refractivity contribution < 1.29 is 9.90 Å². The number of benzene rings is 1. The first kappa shape index (κ1) is 15.2. The van der Waals surface area contributed by atoms with E-state index in [1.807, 2.05) is 12.1 Å². The molecule has 102 valence electrons. The standard InChI is InChI=1S/C13H15N3O2.ClH/c14-6-2-3-8-7-11(13(17)18)16-12-9(8)4-1-5-10(12)15;/h1,4-5,7H,2-3,6,14-15H2,(H,17,18);1H. The zero-order chi connectivity index (χ0) is 13.1. The highest BCUT2D eigenvalue weighted by molar-refractivity contribution is 5.96. The van der Waals surface area contributed by atoms with E-state index in [4.69, 9.17) is 16.6 Å². The molecule has 1 aromatic carbocycles. The van der Waals surface area contributed by atoms with Crippen molar-refractivity contribution in [2.45, 2.75) is 12.8 Å². The van der Waals surface area contributed by atoms with Crippen LogP contribution >= 0.6 is 12.4 Å². The third kappa shape index (κ3) is 3.13. The summed E-state index contributed by atoms with van der Waals surface area (Å²) < 4.78 is 0. The van der Waals surface area contributed by atoms with E-state index < -0.39 is 5.97 Å². The van der Waals surface area contributed by atoms with Crippen molar-refractivity contribution in [2.24, 2.45) is 5.73 Å². The number of aromatic carboxylic acids is 1. The zero-order valence-corrected chi connectivity index (χ0v) is 11.1. The highest BCUT2D eigenvalue weighted by atomic mass is 35.5. The Morgan fingerprint density at radius 1 is 1.37 bits per heavy atom. The minimum atomic E-state index is -1.05. The summed E-state index contributed by atoms with van der Waals surface area (Å²) in [7, 11) is 0. The lowest BCUT2D eigenvalue weighted by molar-refractivity contribution is 0.0691. The van der Waals surface area contributed by atoms with Gasteiger partial charge in [0.05, 0.1) is 11.2 Å². The molecule has 0 saturated carbocycles. The van der Waals surface area contributed by atoms with Crippen LogP contribution in [0.3, 0.4) is 0 Å². The van der Waals surface area contributed by atoms with E-state index in [0.29, 0.717) is 17.7 Å². The topological polar surface area (TPSA) is 102 Å². The summed E-state index contributed by atoms with van der Waals surface area (Å²) in [4.78, 5) is 15.1. The Morgan fingerprint density at radius 2 is 2.11 bits per heavy atom. The number of carboxylic acid groups (broad SMARTS) is 1. The number of rotatable bonds is 4. The van der Waals surface area contributed by atoms with Crippen molar-refractivity contribution in [1.82, 2.24) is 4.98 Å². The van der Waals surface area contributed by atoms with Crippen LogP contribution < -0.4 is 11.5 Å². The van der Waals surface area contributed by atoms with Gasteiger partial charge < -0.3 is 16.6 Å². The summed E-state index contributed by atoms with van der Waals surface area (Å²) >= 11 is 0. The fraction of sp³-hybridized carbons (Fsp3) is 0.231. The second kappa shape index (κ2) is 6.36. The van der Waals surface area contributed by atoms with E-state index in [9.17, 15) is 4.79 Å². The average molecular weight is 282 g/mol. The van der Waals surface area contributed by atoms with Crippen molar-refractivity contribution in [3.63, 3.8) is 0 Å². The van der Waals surface area contributed by atoms with Crippen LogP contribution in [-0.2, 0) is 6.42 Å². The summed E-state index contributed by atoms with van der Waals surface area (Å²) in [6.07, 6.45) is 1.52. The van der Waals surface area contributed by atoms with Gasteiger partial charge in [-0.1, -0.05) is 12.1 Å². The van der Waals surface area contributed by atoms with E-state index in [1.165, 1.54) is 0 Å². The minimum Gasteiger partial charge on any atom is -0.477 e. The van der Waals surface area contributed by atoms with Crippen LogP contribution in [0.15, 0.2) is 24.3 Å². The molecule has 1 heterocycles. The Kier molecular flexibility index (Phi) is 5.09. The summed E-state index contributed by atoms with van der Waals surface area (Å²) in [6, 6.07) is 7.05. The Bertz CT molecular complexity index is 602. The molecule has 0 aliphatic heterocycles. The van der Waals surface area contributed by atoms with Crippen LogP contribution in [-0.4, -0.2) is 22.6 Å². The molecule has 2 aromatic rings. The number of pyridine rings is 1. The van der Waals surface area contributed by atoms with Gasteiger partial charge in [0.25, 0.3) is 0 Å². The summed E-state index contributed by atoms with van der Waals surface area (Å²) in [6.45, 7) is 0.564. The predicted octanol–water partition coefficient (Wildman–Crippen LogP) is 1.83. The Hall–Kier alpha value is -1.85. The predicted molar refractivity (Wildman–Crippen MR) is 77.7 cm³/mol. The SMILES string of the molecule is Cl.NCCCc1cc(C(=O)O)nc2c(N)cccc12. The van der Waals surface area contributed by atoms with Gasteiger partial charge in [0.2, 0.25) is 0 Å². The Labute approximate surface area is 117 Å². The van der Waals surface area contributed by atoms with Crippen LogP contribution in [0, 0.1) is 0 Å². The number of hydrogen-bond acceptors (Lipinski definition) is 4. The number of aryl methyl sites for hydroxylation is 1. The quantitative estimate of drug-likeness (QED) is 0.742. The maximum atomic E-state index is 11.1. The second-order valence-electron chi connectivity index (χ2n) is 4.11. The van der Waals surface area contributed by atoms with E-state index in [2.05, 4.69) is 4.98 Å². The molecule has 0 fully saturated rings. The molecule has 0 aliphatic rings. The third-order valence-corrected chi connectivity index (χ3v) is 2.83. The van der Waals surface area contributed by atoms with Crippen molar-refractivity contribution >= 4 is 35.0 Å². The van der Waals surface area contributed by atoms with Gasteiger partial charge >= 0.3 is 5.97 Å². The Balaban J connectivity index is 0.00000180. The van der Waals surface area contributed by atoms with Gasteiger partial charge in [0.1, 0.15) is 5.69 Å². The van der Waals surface area contributed by atoms with E-state index in [1.54, 1.807) is 12.1 Å². The number of hydrogen-bond donors (Lipinski definition) is 3. The molecule has 0 atom stereocenters. The minimum absolute atomic E-state index is 0. The number of carbonyl (C=O) groups is 1. The summed E-state index contributed by atoms with van der Waals surface area (Å²) in [5.41, 5.74) is 13.3. The molecule has 5 nitrogen and oxygen atoms in total. The van der Waals surface area contributed by atoms with Crippen molar-refractivity contribution in [3.8, 4) is 0 Å². The lowest BCUT2D eigenvalue weighted by atomic mass is 10.0.